The second kappa shape index (κ2) is 7.88. The largest absolute Gasteiger partial charge is 0.480 e. The highest BCUT2D eigenvalue weighted by Gasteiger charge is 2.14. The Balaban J connectivity index is 3.97. The molecule has 0 aliphatic carbocycles. The van der Waals surface area contributed by atoms with Crippen LogP contribution in [0.15, 0.2) is 0 Å². The lowest BCUT2D eigenvalue weighted by Crippen LogP contribution is -2.37. The van der Waals surface area contributed by atoms with Gasteiger partial charge in [-0.2, -0.15) is 0 Å². The Labute approximate surface area is 92.8 Å². The highest BCUT2D eigenvalue weighted by Crippen LogP contribution is 1.99. The fourth-order valence-corrected chi connectivity index (χ4v) is 1.29. The molecule has 0 aliphatic heterocycles. The molecule has 1 N–H and O–H groups in total. The minimum Gasteiger partial charge on any atom is -0.480 e. The van der Waals surface area contributed by atoms with Gasteiger partial charge in [-0.15, -0.1) is 23.2 Å². The van der Waals surface area contributed by atoms with Gasteiger partial charge in [-0.1, -0.05) is 0 Å². The molecule has 0 aromatic rings. The van der Waals surface area contributed by atoms with Crippen molar-refractivity contribution in [3.63, 3.8) is 0 Å². The molecule has 0 fully saturated rings. The Morgan fingerprint density at radius 2 is 1.86 bits per heavy atom. The van der Waals surface area contributed by atoms with Gasteiger partial charge in [0.25, 0.3) is 0 Å². The Morgan fingerprint density at radius 1 is 1.21 bits per heavy atom. The van der Waals surface area contributed by atoms with E-state index in [0.717, 1.165) is 6.42 Å². The summed E-state index contributed by atoms with van der Waals surface area (Å²) in [6.07, 6.45) is 1.45. The molecule has 0 aromatic carbocycles. The van der Waals surface area contributed by atoms with Gasteiger partial charge in [0, 0.05) is 12.4 Å². The average molecular weight is 242 g/mol. The molecule has 0 saturated carbocycles. The summed E-state index contributed by atoms with van der Waals surface area (Å²) in [6.45, 7) is 0.0956. The number of aliphatic carboxylic acids is 1. The number of nitrogens with zero attached hydrogens (tertiary/aromatic N) is 1. The van der Waals surface area contributed by atoms with Crippen molar-refractivity contribution in [2.75, 3.05) is 24.8 Å². The van der Waals surface area contributed by atoms with Crippen LogP contribution in [0.1, 0.15) is 12.8 Å². The highest BCUT2D eigenvalue weighted by molar-refractivity contribution is 6.27. The molecular formula is C8H13Cl2NO3. The van der Waals surface area contributed by atoms with Crippen LogP contribution in [0.3, 0.4) is 0 Å². The summed E-state index contributed by atoms with van der Waals surface area (Å²) in [5.74, 6) is -1.07. The number of carboxylic acid groups (broad SMARTS) is 1. The number of halogens is 2. The van der Waals surface area contributed by atoms with Crippen molar-refractivity contribution in [2.45, 2.75) is 12.8 Å². The fourth-order valence-electron chi connectivity index (χ4n) is 0.937. The van der Waals surface area contributed by atoms with Gasteiger partial charge in [-0.25, -0.2) is 0 Å². The zero-order valence-corrected chi connectivity index (χ0v) is 9.22. The zero-order chi connectivity index (χ0) is 11.0. The molecule has 0 atom stereocenters. The number of carboxylic acids is 1. The molecule has 6 heteroatoms. The number of carbonyl (C=O) groups is 2. The van der Waals surface area contributed by atoms with Gasteiger partial charge in [-0.05, 0) is 12.8 Å². The third-order valence-electron chi connectivity index (χ3n) is 1.60. The predicted octanol–water partition coefficient (Wildman–Crippen LogP) is 1.16. The predicted molar refractivity (Wildman–Crippen MR) is 54.9 cm³/mol. The molecule has 0 rings (SSSR count). The zero-order valence-electron chi connectivity index (χ0n) is 7.71. The molecule has 0 radical (unpaired) electrons. The molecule has 4 nitrogen and oxygen atoms in total. The Hall–Kier alpha value is -0.480. The Kier molecular flexibility index (Phi) is 7.61. The average Bonchev–Trinajstić information content (AvgIpc) is 2.15. The first kappa shape index (κ1) is 13.5. The third-order valence-corrected chi connectivity index (χ3v) is 2.10. The molecule has 14 heavy (non-hydrogen) atoms. The molecule has 0 saturated heterocycles. The minimum absolute atomic E-state index is 0.186. The summed E-state index contributed by atoms with van der Waals surface area (Å²) in [4.78, 5) is 22.8. The van der Waals surface area contributed by atoms with Crippen LogP contribution in [-0.2, 0) is 9.59 Å². The lowest BCUT2D eigenvalue weighted by Gasteiger charge is -2.18. The lowest BCUT2D eigenvalue weighted by molar-refractivity contribution is -0.143. The molecule has 0 spiro atoms. The monoisotopic (exact) mass is 241 g/mol. The topological polar surface area (TPSA) is 57.6 Å². The van der Waals surface area contributed by atoms with E-state index < -0.39 is 5.97 Å². The summed E-state index contributed by atoms with van der Waals surface area (Å²) in [5.41, 5.74) is 0. The Bertz CT molecular complexity index is 199. The summed E-state index contributed by atoms with van der Waals surface area (Å²) in [5, 5.41) is 8.52. The van der Waals surface area contributed by atoms with E-state index in [0.29, 0.717) is 18.8 Å². The maximum atomic E-state index is 11.1. The smallest absolute Gasteiger partial charge is 0.323 e. The van der Waals surface area contributed by atoms with Crippen molar-refractivity contribution in [3.8, 4) is 0 Å². The van der Waals surface area contributed by atoms with Gasteiger partial charge >= 0.3 is 5.97 Å². The standard InChI is InChI=1S/C8H13Cl2NO3/c9-3-1-2-4-11(6-8(13)14)7(12)5-10/h1-6H2,(H,13,14). The molecular weight excluding hydrogens is 229 g/mol. The molecule has 0 aromatic heterocycles. The van der Waals surface area contributed by atoms with E-state index in [1.54, 1.807) is 0 Å². The number of hydrogen-bond donors (Lipinski definition) is 1. The number of unbranched alkanes of at least 4 members (excludes halogenated alkanes) is 1. The van der Waals surface area contributed by atoms with E-state index in [9.17, 15) is 9.59 Å². The first-order chi connectivity index (χ1) is 6.61. The van der Waals surface area contributed by atoms with E-state index in [1.165, 1.54) is 4.90 Å². The molecule has 0 bridgehead atoms. The van der Waals surface area contributed by atoms with Crippen LogP contribution in [0.2, 0.25) is 0 Å². The first-order valence-electron chi connectivity index (χ1n) is 4.23. The summed E-state index contributed by atoms with van der Waals surface area (Å²) < 4.78 is 0. The molecule has 0 aliphatic rings. The normalized spacial score (nSPS) is 9.86. The highest BCUT2D eigenvalue weighted by atomic mass is 35.5. The number of amides is 1. The van der Waals surface area contributed by atoms with E-state index in [-0.39, 0.29) is 18.3 Å². The van der Waals surface area contributed by atoms with Gasteiger partial charge in [0.05, 0.1) is 0 Å². The maximum absolute atomic E-state index is 11.1. The van der Waals surface area contributed by atoms with Crippen molar-refractivity contribution >= 4 is 35.1 Å². The van der Waals surface area contributed by atoms with Crippen molar-refractivity contribution in [1.82, 2.24) is 4.90 Å². The number of rotatable bonds is 7. The van der Waals surface area contributed by atoms with Crippen molar-refractivity contribution in [2.24, 2.45) is 0 Å². The minimum atomic E-state index is -1.03. The van der Waals surface area contributed by atoms with Crippen LogP contribution in [0.4, 0.5) is 0 Å². The third kappa shape index (κ3) is 6.05. The fraction of sp³-hybridized carbons (Fsp3) is 0.750. The summed E-state index contributed by atoms with van der Waals surface area (Å²) >= 11 is 10.8. The van der Waals surface area contributed by atoms with Crippen molar-refractivity contribution < 1.29 is 14.7 Å². The Morgan fingerprint density at radius 3 is 2.29 bits per heavy atom. The van der Waals surface area contributed by atoms with Crippen molar-refractivity contribution in [1.29, 1.82) is 0 Å². The van der Waals surface area contributed by atoms with Gasteiger partial charge in [0.15, 0.2) is 0 Å². The molecule has 0 unspecified atom stereocenters. The summed E-state index contributed by atoms with van der Waals surface area (Å²) in [6, 6.07) is 0. The SMILES string of the molecule is O=C(O)CN(CCCCCl)C(=O)CCl. The summed E-state index contributed by atoms with van der Waals surface area (Å²) in [7, 11) is 0. The second-order valence-corrected chi connectivity index (χ2v) is 3.38. The van der Waals surface area contributed by atoms with Crippen LogP contribution >= 0.6 is 23.2 Å². The van der Waals surface area contributed by atoms with Crippen LogP contribution in [-0.4, -0.2) is 46.7 Å². The van der Waals surface area contributed by atoms with Crippen LogP contribution < -0.4 is 0 Å². The first-order valence-corrected chi connectivity index (χ1v) is 5.30. The van der Waals surface area contributed by atoms with Gasteiger partial charge < -0.3 is 10.0 Å². The lowest BCUT2D eigenvalue weighted by atomic mass is 10.3. The second-order valence-electron chi connectivity index (χ2n) is 2.74. The van der Waals surface area contributed by atoms with Gasteiger partial charge in [0.2, 0.25) is 5.91 Å². The van der Waals surface area contributed by atoms with E-state index in [1.807, 2.05) is 0 Å². The van der Waals surface area contributed by atoms with Crippen LogP contribution in [0.25, 0.3) is 0 Å². The molecule has 1 amide bonds. The van der Waals surface area contributed by atoms with Crippen LogP contribution in [0.5, 0.6) is 0 Å². The van der Waals surface area contributed by atoms with Crippen LogP contribution in [0, 0.1) is 0 Å². The number of alkyl halides is 2. The van der Waals surface area contributed by atoms with Crippen molar-refractivity contribution in [3.05, 3.63) is 0 Å². The maximum Gasteiger partial charge on any atom is 0.323 e. The van der Waals surface area contributed by atoms with E-state index in [4.69, 9.17) is 28.3 Å². The van der Waals surface area contributed by atoms with E-state index >= 15 is 0 Å². The molecule has 0 heterocycles. The molecule has 82 valence electrons. The number of hydrogen-bond acceptors (Lipinski definition) is 2. The number of carbonyl (C=O) groups excluding carboxylic acids is 1. The van der Waals surface area contributed by atoms with Gasteiger partial charge in [-0.3, -0.25) is 9.59 Å². The van der Waals surface area contributed by atoms with Gasteiger partial charge in [0.1, 0.15) is 12.4 Å². The van der Waals surface area contributed by atoms with E-state index in [2.05, 4.69) is 0 Å². The quantitative estimate of drug-likeness (QED) is 0.538.